The van der Waals surface area contributed by atoms with Crippen LogP contribution in [-0.4, -0.2) is 20.9 Å². The van der Waals surface area contributed by atoms with E-state index >= 15 is 0 Å². The predicted molar refractivity (Wildman–Crippen MR) is 104 cm³/mol. The minimum absolute atomic E-state index is 0.0949. The van der Waals surface area contributed by atoms with Gasteiger partial charge in [0.1, 0.15) is 0 Å². The number of nitrogens with zero attached hydrogens (tertiary/aromatic N) is 1. The van der Waals surface area contributed by atoms with Crippen LogP contribution in [0.2, 0.25) is 0 Å². The van der Waals surface area contributed by atoms with Crippen molar-refractivity contribution >= 4 is 27.3 Å². The number of para-hydroxylation sites is 1. The van der Waals surface area contributed by atoms with E-state index in [4.69, 9.17) is 0 Å². The van der Waals surface area contributed by atoms with Gasteiger partial charge in [-0.05, 0) is 61.6 Å². The van der Waals surface area contributed by atoms with E-state index in [-0.39, 0.29) is 10.8 Å². The van der Waals surface area contributed by atoms with E-state index in [1.807, 2.05) is 32.0 Å². The quantitative estimate of drug-likeness (QED) is 0.866. The third kappa shape index (κ3) is 3.75. The van der Waals surface area contributed by atoms with Gasteiger partial charge in [-0.2, -0.15) is 0 Å². The smallest absolute Gasteiger partial charge is 0.261 e. The Bertz CT molecular complexity index is 905. The number of sulfonamides is 1. The molecule has 2 aromatic rings. The van der Waals surface area contributed by atoms with Crippen LogP contribution in [0.25, 0.3) is 0 Å². The Morgan fingerprint density at radius 2 is 1.81 bits per heavy atom. The molecule has 0 aliphatic carbocycles. The summed E-state index contributed by atoms with van der Waals surface area (Å²) >= 11 is 0. The van der Waals surface area contributed by atoms with Crippen molar-refractivity contribution in [3.63, 3.8) is 0 Å². The van der Waals surface area contributed by atoms with E-state index in [9.17, 15) is 13.2 Å². The second-order valence-corrected chi connectivity index (χ2v) is 8.25. The molecule has 0 spiro atoms. The van der Waals surface area contributed by atoms with Crippen LogP contribution in [-0.2, 0) is 21.2 Å². The molecule has 1 saturated heterocycles. The van der Waals surface area contributed by atoms with Crippen molar-refractivity contribution in [3.05, 3.63) is 53.6 Å². The SMILES string of the molecule is CCc1cccc(C)c1NS(=O)(=O)c1ccc(N2CCCCC2=O)cc1. The molecular weight excluding hydrogens is 348 g/mol. The molecule has 0 saturated carbocycles. The number of hydrogen-bond acceptors (Lipinski definition) is 3. The van der Waals surface area contributed by atoms with Crippen LogP contribution in [0.1, 0.15) is 37.3 Å². The molecule has 0 bridgehead atoms. The predicted octanol–water partition coefficient (Wildman–Crippen LogP) is 3.88. The molecule has 1 fully saturated rings. The summed E-state index contributed by atoms with van der Waals surface area (Å²) in [6.07, 6.45) is 3.19. The van der Waals surface area contributed by atoms with Crippen molar-refractivity contribution in [1.29, 1.82) is 0 Å². The van der Waals surface area contributed by atoms with E-state index in [2.05, 4.69) is 4.72 Å². The molecule has 0 radical (unpaired) electrons. The molecule has 1 aliphatic heterocycles. The average Bonchev–Trinajstić information content (AvgIpc) is 2.64. The van der Waals surface area contributed by atoms with Crippen LogP contribution in [0.3, 0.4) is 0 Å². The fourth-order valence-electron chi connectivity index (χ4n) is 3.25. The first-order chi connectivity index (χ1) is 12.4. The summed E-state index contributed by atoms with van der Waals surface area (Å²) in [5, 5.41) is 0. The first-order valence-corrected chi connectivity index (χ1v) is 10.4. The van der Waals surface area contributed by atoms with Crippen molar-refractivity contribution in [2.24, 2.45) is 0 Å². The molecular formula is C20H24N2O3S. The Kier molecular flexibility index (Phi) is 5.32. The highest BCUT2D eigenvalue weighted by Crippen LogP contribution is 2.26. The number of nitrogens with one attached hydrogen (secondary N) is 1. The Morgan fingerprint density at radius 1 is 1.08 bits per heavy atom. The lowest BCUT2D eigenvalue weighted by atomic mass is 10.1. The van der Waals surface area contributed by atoms with Crippen LogP contribution >= 0.6 is 0 Å². The minimum Gasteiger partial charge on any atom is -0.312 e. The van der Waals surface area contributed by atoms with Gasteiger partial charge in [0.05, 0.1) is 10.6 Å². The molecule has 0 unspecified atom stereocenters. The molecule has 0 atom stereocenters. The van der Waals surface area contributed by atoms with E-state index in [0.717, 1.165) is 36.1 Å². The van der Waals surface area contributed by atoms with E-state index < -0.39 is 10.0 Å². The number of aryl methyl sites for hydroxylation is 2. The van der Waals surface area contributed by atoms with Gasteiger partial charge in [0.2, 0.25) is 5.91 Å². The van der Waals surface area contributed by atoms with Crippen molar-refractivity contribution in [2.75, 3.05) is 16.2 Å². The van der Waals surface area contributed by atoms with E-state index in [0.29, 0.717) is 18.7 Å². The first kappa shape index (κ1) is 18.5. The number of anilines is 2. The number of carbonyl (C=O) groups excluding carboxylic acids is 1. The van der Waals surface area contributed by atoms with Crippen LogP contribution in [0.15, 0.2) is 47.4 Å². The highest BCUT2D eigenvalue weighted by molar-refractivity contribution is 7.92. The summed E-state index contributed by atoms with van der Waals surface area (Å²) in [5.74, 6) is 0.0949. The zero-order chi connectivity index (χ0) is 18.7. The van der Waals surface area contributed by atoms with Gasteiger partial charge in [-0.15, -0.1) is 0 Å². The summed E-state index contributed by atoms with van der Waals surface area (Å²) in [6.45, 7) is 4.57. The summed E-state index contributed by atoms with van der Waals surface area (Å²) in [7, 11) is -3.68. The van der Waals surface area contributed by atoms with E-state index in [1.54, 1.807) is 29.2 Å². The number of rotatable bonds is 5. The number of amides is 1. The van der Waals surface area contributed by atoms with Gasteiger partial charge in [0.25, 0.3) is 10.0 Å². The first-order valence-electron chi connectivity index (χ1n) is 8.94. The second kappa shape index (κ2) is 7.50. The average molecular weight is 372 g/mol. The van der Waals surface area contributed by atoms with Crippen LogP contribution in [0.5, 0.6) is 0 Å². The maximum atomic E-state index is 12.8. The minimum atomic E-state index is -3.68. The molecule has 1 N–H and O–H groups in total. The van der Waals surface area contributed by atoms with Gasteiger partial charge in [-0.3, -0.25) is 9.52 Å². The fraction of sp³-hybridized carbons (Fsp3) is 0.350. The second-order valence-electron chi connectivity index (χ2n) is 6.56. The maximum absolute atomic E-state index is 12.8. The van der Waals surface area contributed by atoms with Gasteiger partial charge in [0.15, 0.2) is 0 Å². The molecule has 1 amide bonds. The monoisotopic (exact) mass is 372 g/mol. The third-order valence-electron chi connectivity index (χ3n) is 4.76. The lowest BCUT2D eigenvalue weighted by Crippen LogP contribution is -2.35. The van der Waals surface area contributed by atoms with Crippen molar-refractivity contribution in [1.82, 2.24) is 0 Å². The van der Waals surface area contributed by atoms with Gasteiger partial charge in [-0.25, -0.2) is 8.42 Å². The van der Waals surface area contributed by atoms with Gasteiger partial charge in [-0.1, -0.05) is 25.1 Å². The molecule has 26 heavy (non-hydrogen) atoms. The number of benzene rings is 2. The molecule has 2 aromatic carbocycles. The van der Waals surface area contributed by atoms with Gasteiger partial charge < -0.3 is 4.90 Å². The third-order valence-corrected chi connectivity index (χ3v) is 6.12. The zero-order valence-electron chi connectivity index (χ0n) is 15.2. The highest BCUT2D eigenvalue weighted by Gasteiger charge is 2.21. The van der Waals surface area contributed by atoms with Crippen molar-refractivity contribution < 1.29 is 13.2 Å². The summed E-state index contributed by atoms with van der Waals surface area (Å²) in [5.41, 5.74) is 3.25. The lowest BCUT2D eigenvalue weighted by Gasteiger charge is -2.26. The molecule has 0 aromatic heterocycles. The molecule has 5 nitrogen and oxygen atoms in total. The fourth-order valence-corrected chi connectivity index (χ4v) is 4.42. The molecule has 1 aliphatic rings. The highest BCUT2D eigenvalue weighted by atomic mass is 32.2. The Labute approximate surface area is 155 Å². The molecule has 1 heterocycles. The Balaban J connectivity index is 1.85. The topological polar surface area (TPSA) is 66.5 Å². The maximum Gasteiger partial charge on any atom is 0.261 e. The molecule has 3 rings (SSSR count). The standard InChI is InChI=1S/C20H24N2O3S/c1-3-16-8-6-7-15(2)20(16)21-26(24,25)18-12-10-17(11-13-18)22-14-5-4-9-19(22)23/h6-8,10-13,21H,3-5,9,14H2,1-2H3. The summed E-state index contributed by atoms with van der Waals surface area (Å²) < 4.78 is 28.3. The normalized spacial score (nSPS) is 15.2. The summed E-state index contributed by atoms with van der Waals surface area (Å²) in [4.78, 5) is 13.9. The van der Waals surface area contributed by atoms with Crippen molar-refractivity contribution in [2.45, 2.75) is 44.4 Å². The van der Waals surface area contributed by atoms with Crippen LogP contribution < -0.4 is 9.62 Å². The number of piperidine rings is 1. The zero-order valence-corrected chi connectivity index (χ0v) is 16.0. The van der Waals surface area contributed by atoms with Gasteiger partial charge in [0, 0.05) is 18.7 Å². The van der Waals surface area contributed by atoms with Gasteiger partial charge >= 0.3 is 0 Å². The van der Waals surface area contributed by atoms with E-state index in [1.165, 1.54) is 0 Å². The summed E-state index contributed by atoms with van der Waals surface area (Å²) in [6, 6.07) is 12.3. The van der Waals surface area contributed by atoms with Crippen molar-refractivity contribution in [3.8, 4) is 0 Å². The molecule has 138 valence electrons. The largest absolute Gasteiger partial charge is 0.312 e. The Hall–Kier alpha value is -2.34. The Morgan fingerprint density at radius 3 is 2.46 bits per heavy atom. The molecule has 6 heteroatoms. The number of hydrogen-bond donors (Lipinski definition) is 1. The van der Waals surface area contributed by atoms with Crippen LogP contribution in [0.4, 0.5) is 11.4 Å². The number of carbonyl (C=O) groups is 1. The van der Waals surface area contributed by atoms with Crippen LogP contribution in [0, 0.1) is 6.92 Å². The lowest BCUT2D eigenvalue weighted by molar-refractivity contribution is -0.119.